The Hall–Kier alpha value is -1.82. The molecule has 0 heterocycles. The molecule has 2 rings (SSSR count). The van der Waals surface area contributed by atoms with Crippen molar-refractivity contribution in [1.82, 2.24) is 10.9 Å². The molecule has 0 atom stereocenters. The van der Waals surface area contributed by atoms with Crippen molar-refractivity contribution in [3.8, 4) is 0 Å². The molecule has 24 heavy (non-hydrogen) atoms. The van der Waals surface area contributed by atoms with E-state index in [9.17, 15) is 9.59 Å². The van der Waals surface area contributed by atoms with Gasteiger partial charge in [0.15, 0.2) is 0 Å². The summed E-state index contributed by atoms with van der Waals surface area (Å²) in [5.41, 5.74) is 6.70. The van der Waals surface area contributed by atoms with Crippen LogP contribution in [0.25, 0.3) is 6.08 Å². The maximum Gasteiger partial charge on any atom is 0.271 e. The van der Waals surface area contributed by atoms with Crippen LogP contribution in [0.2, 0.25) is 10.0 Å². The molecule has 7 heteroatoms. The maximum absolute atomic E-state index is 12.0. The van der Waals surface area contributed by atoms with Gasteiger partial charge in [0, 0.05) is 15.6 Å². The minimum atomic E-state index is -0.555. The van der Waals surface area contributed by atoms with Gasteiger partial charge in [-0.25, -0.2) is 0 Å². The summed E-state index contributed by atoms with van der Waals surface area (Å²) in [6.07, 6.45) is 2.95. The standard InChI is InChI=1S/C17H13BrCl2N2O2/c1-10-2-3-11(14(18)8-10)4-7-16(23)21-22-17(24)13-9-12(19)5-6-15(13)20/h2-9H,1H3,(H,21,23)(H,22,24)/b7-4+. The van der Waals surface area contributed by atoms with Crippen molar-refractivity contribution in [2.24, 2.45) is 0 Å². The van der Waals surface area contributed by atoms with E-state index in [0.717, 1.165) is 15.6 Å². The lowest BCUT2D eigenvalue weighted by molar-refractivity contribution is -0.117. The second-order valence-corrected chi connectivity index (χ2v) is 6.62. The Balaban J connectivity index is 1.96. The topological polar surface area (TPSA) is 58.2 Å². The van der Waals surface area contributed by atoms with Gasteiger partial charge < -0.3 is 0 Å². The second-order valence-electron chi connectivity index (χ2n) is 4.93. The van der Waals surface area contributed by atoms with Gasteiger partial charge in [0.2, 0.25) is 0 Å². The molecule has 0 radical (unpaired) electrons. The van der Waals surface area contributed by atoms with Crippen LogP contribution in [0.5, 0.6) is 0 Å². The number of aryl methyl sites for hydroxylation is 1. The summed E-state index contributed by atoms with van der Waals surface area (Å²) >= 11 is 15.2. The van der Waals surface area contributed by atoms with Crippen LogP contribution in [-0.2, 0) is 4.79 Å². The highest BCUT2D eigenvalue weighted by atomic mass is 79.9. The van der Waals surface area contributed by atoms with Crippen LogP contribution in [0.15, 0.2) is 46.9 Å². The van der Waals surface area contributed by atoms with E-state index in [0.29, 0.717) is 5.02 Å². The highest BCUT2D eigenvalue weighted by Gasteiger charge is 2.11. The Kier molecular flexibility index (Phi) is 6.43. The number of hydrogen-bond donors (Lipinski definition) is 2. The van der Waals surface area contributed by atoms with Gasteiger partial charge >= 0.3 is 0 Å². The molecule has 2 N–H and O–H groups in total. The van der Waals surface area contributed by atoms with Crippen LogP contribution >= 0.6 is 39.1 Å². The monoisotopic (exact) mass is 426 g/mol. The van der Waals surface area contributed by atoms with E-state index in [4.69, 9.17) is 23.2 Å². The van der Waals surface area contributed by atoms with Crippen LogP contribution in [0.3, 0.4) is 0 Å². The van der Waals surface area contributed by atoms with Crippen LogP contribution in [0, 0.1) is 6.92 Å². The average Bonchev–Trinajstić information content (AvgIpc) is 2.54. The number of halogens is 3. The van der Waals surface area contributed by atoms with Gasteiger partial charge in [0.1, 0.15) is 0 Å². The first-order valence-electron chi connectivity index (χ1n) is 6.86. The van der Waals surface area contributed by atoms with Gasteiger partial charge in [-0.05, 0) is 48.4 Å². The van der Waals surface area contributed by atoms with Crippen molar-refractivity contribution in [2.75, 3.05) is 0 Å². The Morgan fingerprint density at radius 2 is 1.83 bits per heavy atom. The first kappa shape index (κ1) is 18.5. The van der Waals surface area contributed by atoms with Gasteiger partial charge in [-0.1, -0.05) is 51.3 Å². The van der Waals surface area contributed by atoms with E-state index in [1.54, 1.807) is 12.1 Å². The molecule has 0 aliphatic carbocycles. The van der Waals surface area contributed by atoms with Crippen molar-refractivity contribution in [3.63, 3.8) is 0 Å². The van der Waals surface area contributed by atoms with Crippen molar-refractivity contribution in [1.29, 1.82) is 0 Å². The summed E-state index contributed by atoms with van der Waals surface area (Å²) in [6.45, 7) is 1.97. The number of hydrogen-bond acceptors (Lipinski definition) is 2. The number of nitrogens with one attached hydrogen (secondary N) is 2. The number of hydrazine groups is 1. The molecule has 0 unspecified atom stereocenters. The predicted molar refractivity (Wildman–Crippen MR) is 100.0 cm³/mol. The molecule has 0 fully saturated rings. The third kappa shape index (κ3) is 5.09. The molecule has 0 aliphatic heterocycles. The predicted octanol–water partition coefficient (Wildman–Crippen LogP) is 4.54. The fourth-order valence-corrected chi connectivity index (χ4v) is 2.83. The van der Waals surface area contributed by atoms with Gasteiger partial charge in [0.05, 0.1) is 10.6 Å². The van der Waals surface area contributed by atoms with Gasteiger partial charge in [-0.3, -0.25) is 20.4 Å². The Morgan fingerprint density at radius 1 is 1.08 bits per heavy atom. The summed E-state index contributed by atoms with van der Waals surface area (Å²) in [7, 11) is 0. The molecule has 0 aromatic heterocycles. The highest BCUT2D eigenvalue weighted by Crippen LogP contribution is 2.20. The second kappa shape index (κ2) is 8.33. The zero-order valence-electron chi connectivity index (χ0n) is 12.6. The third-order valence-corrected chi connectivity index (χ3v) is 4.29. The van der Waals surface area contributed by atoms with Crippen LogP contribution < -0.4 is 10.9 Å². The van der Waals surface area contributed by atoms with Gasteiger partial charge in [-0.2, -0.15) is 0 Å². The number of carbonyl (C=O) groups excluding carboxylic acids is 2. The molecule has 2 aromatic carbocycles. The molecular weight excluding hydrogens is 415 g/mol. The minimum absolute atomic E-state index is 0.176. The smallest absolute Gasteiger partial charge is 0.268 e. The van der Waals surface area contributed by atoms with E-state index in [-0.39, 0.29) is 10.6 Å². The van der Waals surface area contributed by atoms with E-state index in [1.165, 1.54) is 18.2 Å². The van der Waals surface area contributed by atoms with Crippen LogP contribution in [-0.4, -0.2) is 11.8 Å². The molecule has 2 aromatic rings. The maximum atomic E-state index is 12.0. The SMILES string of the molecule is Cc1ccc(/C=C/C(=O)NNC(=O)c2cc(Cl)ccc2Cl)c(Br)c1. The average molecular weight is 428 g/mol. The van der Waals surface area contributed by atoms with Crippen LogP contribution in [0.4, 0.5) is 0 Å². The summed E-state index contributed by atoms with van der Waals surface area (Å²) < 4.78 is 0.876. The van der Waals surface area contributed by atoms with Crippen molar-refractivity contribution >= 4 is 57.0 Å². The molecule has 0 aliphatic rings. The quantitative estimate of drug-likeness (QED) is 0.558. The fourth-order valence-electron chi connectivity index (χ4n) is 1.83. The molecule has 2 amide bonds. The first-order valence-corrected chi connectivity index (χ1v) is 8.41. The molecule has 0 bridgehead atoms. The normalized spacial score (nSPS) is 10.7. The fraction of sp³-hybridized carbons (Fsp3) is 0.0588. The number of amides is 2. The van der Waals surface area contributed by atoms with Crippen LogP contribution in [0.1, 0.15) is 21.5 Å². The van der Waals surface area contributed by atoms with Crippen molar-refractivity contribution in [2.45, 2.75) is 6.92 Å². The number of carbonyl (C=O) groups is 2. The van der Waals surface area contributed by atoms with E-state index < -0.39 is 11.8 Å². The van der Waals surface area contributed by atoms with Gasteiger partial charge in [-0.15, -0.1) is 0 Å². The Morgan fingerprint density at radius 3 is 2.54 bits per heavy atom. The largest absolute Gasteiger partial charge is 0.271 e. The zero-order valence-corrected chi connectivity index (χ0v) is 15.7. The molecule has 0 spiro atoms. The van der Waals surface area contributed by atoms with E-state index in [2.05, 4.69) is 26.8 Å². The molecule has 0 saturated carbocycles. The Labute approximate surface area is 157 Å². The molecule has 0 saturated heterocycles. The summed E-state index contributed by atoms with van der Waals surface area (Å²) in [5.74, 6) is -1.03. The lowest BCUT2D eigenvalue weighted by Crippen LogP contribution is -2.40. The van der Waals surface area contributed by atoms with E-state index in [1.807, 2.05) is 25.1 Å². The third-order valence-electron chi connectivity index (χ3n) is 3.04. The Bertz CT molecular complexity index is 822. The molecule has 124 valence electrons. The van der Waals surface area contributed by atoms with Crippen molar-refractivity contribution < 1.29 is 9.59 Å². The number of benzene rings is 2. The lowest BCUT2D eigenvalue weighted by atomic mass is 10.1. The number of rotatable bonds is 3. The molecular formula is C17H13BrCl2N2O2. The summed E-state index contributed by atoms with van der Waals surface area (Å²) in [4.78, 5) is 23.8. The lowest BCUT2D eigenvalue weighted by Gasteiger charge is -2.07. The zero-order chi connectivity index (χ0) is 17.7. The summed E-state index contributed by atoms with van der Waals surface area (Å²) in [5, 5.41) is 0.616. The van der Waals surface area contributed by atoms with Crippen molar-refractivity contribution in [3.05, 3.63) is 73.7 Å². The van der Waals surface area contributed by atoms with E-state index >= 15 is 0 Å². The minimum Gasteiger partial charge on any atom is -0.268 e. The first-order chi connectivity index (χ1) is 11.4. The highest BCUT2D eigenvalue weighted by molar-refractivity contribution is 9.10. The van der Waals surface area contributed by atoms with Gasteiger partial charge in [0.25, 0.3) is 11.8 Å². The molecule has 4 nitrogen and oxygen atoms in total. The summed E-state index contributed by atoms with van der Waals surface area (Å²) in [6, 6.07) is 10.3.